The van der Waals surface area contributed by atoms with Gasteiger partial charge in [-0.05, 0) is 37.6 Å². The van der Waals surface area contributed by atoms with Crippen LogP contribution in [-0.2, 0) is 0 Å². The van der Waals surface area contributed by atoms with Gasteiger partial charge in [-0.15, -0.1) is 0 Å². The molecule has 0 radical (unpaired) electrons. The molecule has 0 bridgehead atoms. The first-order valence-electron chi connectivity index (χ1n) is 6.71. The molecular weight excluding hydrogens is 282 g/mol. The van der Waals surface area contributed by atoms with Gasteiger partial charge in [-0.3, -0.25) is 10.1 Å². The summed E-state index contributed by atoms with van der Waals surface area (Å²) < 4.78 is 5.31. The van der Waals surface area contributed by atoms with E-state index in [-0.39, 0.29) is 5.69 Å². The Hall–Kier alpha value is -3.02. The normalized spacial score (nSPS) is 10.6. The van der Waals surface area contributed by atoms with E-state index in [9.17, 15) is 10.1 Å². The van der Waals surface area contributed by atoms with Crippen molar-refractivity contribution in [3.05, 3.63) is 63.7 Å². The molecule has 6 nitrogen and oxygen atoms in total. The fraction of sp³-hybridized carbons (Fsp3) is 0.125. The number of benzene rings is 2. The highest BCUT2D eigenvalue weighted by atomic mass is 16.6. The number of aromatic nitrogens is 2. The van der Waals surface area contributed by atoms with Gasteiger partial charge in [-0.1, -0.05) is 22.9 Å². The molecule has 0 N–H and O–H groups in total. The Morgan fingerprint density at radius 1 is 1.09 bits per heavy atom. The van der Waals surface area contributed by atoms with Crippen molar-refractivity contribution < 1.29 is 9.45 Å². The van der Waals surface area contributed by atoms with Crippen LogP contribution in [0, 0.1) is 24.0 Å². The molecule has 0 saturated heterocycles. The van der Waals surface area contributed by atoms with E-state index >= 15 is 0 Å². The van der Waals surface area contributed by atoms with Crippen LogP contribution in [0.1, 0.15) is 11.1 Å². The third-order valence-electron chi connectivity index (χ3n) is 3.37. The lowest BCUT2D eigenvalue weighted by atomic mass is 10.1. The number of nitro benzene ring substituents is 1. The summed E-state index contributed by atoms with van der Waals surface area (Å²) >= 11 is 0. The monoisotopic (exact) mass is 295 g/mol. The molecule has 1 heterocycles. The summed E-state index contributed by atoms with van der Waals surface area (Å²) in [7, 11) is 0. The molecule has 0 fully saturated rings. The number of aryl methyl sites for hydroxylation is 2. The maximum atomic E-state index is 10.7. The Morgan fingerprint density at radius 3 is 2.45 bits per heavy atom. The van der Waals surface area contributed by atoms with Gasteiger partial charge in [0.25, 0.3) is 11.6 Å². The molecule has 0 spiro atoms. The van der Waals surface area contributed by atoms with Gasteiger partial charge in [0.15, 0.2) is 0 Å². The first-order chi connectivity index (χ1) is 10.5. The lowest BCUT2D eigenvalue weighted by Gasteiger charge is -2.01. The van der Waals surface area contributed by atoms with Gasteiger partial charge in [-0.2, -0.15) is 4.98 Å². The lowest BCUT2D eigenvalue weighted by Crippen LogP contribution is -1.88. The molecular formula is C16H13N3O3. The van der Waals surface area contributed by atoms with Gasteiger partial charge in [-0.25, -0.2) is 0 Å². The van der Waals surface area contributed by atoms with Crippen LogP contribution in [0.15, 0.2) is 47.0 Å². The van der Waals surface area contributed by atoms with Crippen molar-refractivity contribution in [2.45, 2.75) is 13.8 Å². The summed E-state index contributed by atoms with van der Waals surface area (Å²) in [5, 5.41) is 14.6. The molecule has 0 atom stereocenters. The number of non-ortho nitro benzene ring substituents is 1. The van der Waals surface area contributed by atoms with Crippen LogP contribution < -0.4 is 0 Å². The summed E-state index contributed by atoms with van der Waals surface area (Å²) in [6.45, 7) is 4.00. The first-order valence-corrected chi connectivity index (χ1v) is 6.71. The molecule has 3 rings (SSSR count). The van der Waals surface area contributed by atoms with Crippen LogP contribution in [0.25, 0.3) is 22.8 Å². The van der Waals surface area contributed by atoms with E-state index < -0.39 is 4.92 Å². The third-order valence-corrected chi connectivity index (χ3v) is 3.37. The molecule has 110 valence electrons. The topological polar surface area (TPSA) is 82.1 Å². The summed E-state index contributed by atoms with van der Waals surface area (Å²) in [6, 6.07) is 12.0. The van der Waals surface area contributed by atoms with Crippen LogP contribution >= 0.6 is 0 Å². The summed E-state index contributed by atoms with van der Waals surface area (Å²) in [5.41, 5.74) is 3.80. The van der Waals surface area contributed by atoms with Crippen LogP contribution in [0.5, 0.6) is 0 Å². The molecule has 0 aliphatic carbocycles. The molecule has 3 aromatic rings. The third kappa shape index (κ3) is 2.58. The van der Waals surface area contributed by atoms with Gasteiger partial charge in [0.1, 0.15) is 0 Å². The van der Waals surface area contributed by atoms with E-state index in [2.05, 4.69) is 10.1 Å². The fourth-order valence-corrected chi connectivity index (χ4v) is 2.24. The van der Waals surface area contributed by atoms with E-state index in [0.29, 0.717) is 17.3 Å². The first kappa shape index (κ1) is 13.9. The average molecular weight is 295 g/mol. The minimum Gasteiger partial charge on any atom is -0.334 e. The molecule has 0 saturated carbocycles. The maximum absolute atomic E-state index is 10.7. The standard InChI is InChI=1S/C16H13N3O3/c1-10-3-8-14(11(2)9-10)16-17-15(18-22-16)12-4-6-13(7-5-12)19(20)21/h3-9H,1-2H3. The quantitative estimate of drug-likeness (QED) is 0.540. The molecule has 6 heteroatoms. The highest BCUT2D eigenvalue weighted by molar-refractivity contribution is 5.63. The smallest absolute Gasteiger partial charge is 0.269 e. The van der Waals surface area contributed by atoms with Crippen molar-refractivity contribution in [3.8, 4) is 22.8 Å². The molecule has 0 amide bonds. The second kappa shape index (κ2) is 5.40. The van der Waals surface area contributed by atoms with Crippen LogP contribution in [0.4, 0.5) is 5.69 Å². The van der Waals surface area contributed by atoms with E-state index in [1.54, 1.807) is 12.1 Å². The number of nitrogens with zero attached hydrogens (tertiary/aromatic N) is 3. The van der Waals surface area contributed by atoms with Crippen LogP contribution in [-0.4, -0.2) is 15.1 Å². The summed E-state index contributed by atoms with van der Waals surface area (Å²) in [5.74, 6) is 0.843. The van der Waals surface area contributed by atoms with E-state index in [1.165, 1.54) is 12.1 Å². The summed E-state index contributed by atoms with van der Waals surface area (Å²) in [6.07, 6.45) is 0. The van der Waals surface area contributed by atoms with Crippen LogP contribution in [0.2, 0.25) is 0 Å². The van der Waals surface area contributed by atoms with E-state index in [4.69, 9.17) is 4.52 Å². The predicted molar refractivity (Wildman–Crippen MR) is 81.3 cm³/mol. The molecule has 2 aromatic carbocycles. The number of nitro groups is 1. The Morgan fingerprint density at radius 2 is 1.82 bits per heavy atom. The number of hydrogen-bond acceptors (Lipinski definition) is 5. The van der Waals surface area contributed by atoms with Crippen molar-refractivity contribution >= 4 is 5.69 Å². The van der Waals surface area contributed by atoms with Gasteiger partial charge < -0.3 is 4.52 Å². The molecule has 0 aliphatic heterocycles. The Balaban J connectivity index is 1.95. The molecule has 0 unspecified atom stereocenters. The largest absolute Gasteiger partial charge is 0.334 e. The fourth-order valence-electron chi connectivity index (χ4n) is 2.24. The second-order valence-electron chi connectivity index (χ2n) is 5.05. The van der Waals surface area contributed by atoms with Crippen LogP contribution in [0.3, 0.4) is 0 Å². The number of rotatable bonds is 3. The van der Waals surface area contributed by atoms with Crippen molar-refractivity contribution in [3.63, 3.8) is 0 Å². The minimum absolute atomic E-state index is 0.0295. The Kier molecular flexibility index (Phi) is 3.42. The summed E-state index contributed by atoms with van der Waals surface area (Å²) in [4.78, 5) is 14.6. The van der Waals surface area contributed by atoms with Gasteiger partial charge >= 0.3 is 0 Å². The SMILES string of the molecule is Cc1ccc(-c2nc(-c3ccc([N+](=O)[O-])cc3)no2)c(C)c1. The maximum Gasteiger partial charge on any atom is 0.269 e. The van der Waals surface area contributed by atoms with Gasteiger partial charge in [0, 0.05) is 23.3 Å². The molecule has 22 heavy (non-hydrogen) atoms. The van der Waals surface area contributed by atoms with Gasteiger partial charge in [0.05, 0.1) is 4.92 Å². The Labute approximate surface area is 126 Å². The highest BCUT2D eigenvalue weighted by Gasteiger charge is 2.13. The zero-order chi connectivity index (χ0) is 15.7. The van der Waals surface area contributed by atoms with Crippen molar-refractivity contribution in [2.24, 2.45) is 0 Å². The van der Waals surface area contributed by atoms with E-state index in [1.807, 2.05) is 32.0 Å². The van der Waals surface area contributed by atoms with E-state index in [0.717, 1.165) is 16.7 Å². The zero-order valence-corrected chi connectivity index (χ0v) is 12.1. The molecule has 0 aliphatic rings. The van der Waals surface area contributed by atoms with Crippen molar-refractivity contribution in [1.82, 2.24) is 10.1 Å². The lowest BCUT2D eigenvalue weighted by molar-refractivity contribution is -0.384. The average Bonchev–Trinajstić information content (AvgIpc) is 2.97. The van der Waals surface area contributed by atoms with Gasteiger partial charge in [0.2, 0.25) is 5.82 Å². The predicted octanol–water partition coefficient (Wildman–Crippen LogP) is 3.93. The second-order valence-corrected chi connectivity index (χ2v) is 5.05. The van der Waals surface area contributed by atoms with Crippen molar-refractivity contribution in [1.29, 1.82) is 0 Å². The Bertz CT molecular complexity index is 838. The zero-order valence-electron chi connectivity index (χ0n) is 12.1. The molecule has 1 aromatic heterocycles. The highest BCUT2D eigenvalue weighted by Crippen LogP contribution is 2.26. The minimum atomic E-state index is -0.443. The number of hydrogen-bond donors (Lipinski definition) is 0. The van der Waals surface area contributed by atoms with Crippen molar-refractivity contribution in [2.75, 3.05) is 0 Å².